The monoisotopic (exact) mass is 292 g/mol. The Bertz CT molecular complexity index is 627. The molecule has 2 aromatic heterocycles. The van der Waals surface area contributed by atoms with Crippen LogP contribution < -0.4 is 5.73 Å². The van der Waals surface area contributed by atoms with E-state index in [1.807, 2.05) is 11.5 Å². The zero-order valence-electron chi connectivity index (χ0n) is 11.3. The number of nitrogens with two attached hydrogens (primary N) is 1. The van der Waals surface area contributed by atoms with Gasteiger partial charge in [0.2, 0.25) is 0 Å². The van der Waals surface area contributed by atoms with Crippen LogP contribution in [0.4, 0.5) is 5.69 Å². The van der Waals surface area contributed by atoms with Crippen LogP contribution in [0, 0.1) is 6.92 Å². The SMILES string of the molecule is Cc1sc(C(=O)OCc2nnc3n2CCCC3)cc1N. The summed E-state index contributed by atoms with van der Waals surface area (Å²) in [7, 11) is 0. The molecule has 0 fully saturated rings. The van der Waals surface area contributed by atoms with Crippen LogP contribution in [0.5, 0.6) is 0 Å². The largest absolute Gasteiger partial charge is 0.453 e. The van der Waals surface area contributed by atoms with Gasteiger partial charge >= 0.3 is 5.97 Å². The first-order chi connectivity index (χ1) is 9.65. The summed E-state index contributed by atoms with van der Waals surface area (Å²) in [6.45, 7) is 2.94. The number of nitrogens with zero attached hydrogens (tertiary/aromatic N) is 3. The Hall–Kier alpha value is -1.89. The molecule has 0 saturated carbocycles. The number of carbonyl (C=O) groups is 1. The molecule has 0 saturated heterocycles. The Morgan fingerprint density at radius 2 is 2.35 bits per heavy atom. The maximum absolute atomic E-state index is 11.9. The number of esters is 1. The van der Waals surface area contributed by atoms with Crippen LogP contribution >= 0.6 is 11.3 Å². The molecule has 3 heterocycles. The van der Waals surface area contributed by atoms with Crippen molar-refractivity contribution < 1.29 is 9.53 Å². The smallest absolute Gasteiger partial charge is 0.348 e. The third kappa shape index (κ3) is 2.40. The van der Waals surface area contributed by atoms with Gasteiger partial charge in [0.1, 0.15) is 10.7 Å². The predicted molar refractivity (Wildman–Crippen MR) is 75.5 cm³/mol. The summed E-state index contributed by atoms with van der Waals surface area (Å²) in [4.78, 5) is 13.4. The van der Waals surface area contributed by atoms with Crippen molar-refractivity contribution in [3.05, 3.63) is 27.5 Å². The summed E-state index contributed by atoms with van der Waals surface area (Å²) in [5.41, 5.74) is 6.36. The van der Waals surface area contributed by atoms with Gasteiger partial charge in [0.05, 0.1) is 0 Å². The fourth-order valence-corrected chi connectivity index (χ4v) is 3.11. The highest BCUT2D eigenvalue weighted by Gasteiger charge is 2.18. The Balaban J connectivity index is 1.67. The van der Waals surface area contributed by atoms with Crippen molar-refractivity contribution in [3.8, 4) is 0 Å². The van der Waals surface area contributed by atoms with Gasteiger partial charge in [-0.15, -0.1) is 21.5 Å². The third-order valence-corrected chi connectivity index (χ3v) is 4.47. The molecule has 6 nitrogen and oxygen atoms in total. The molecule has 0 bridgehead atoms. The van der Waals surface area contributed by atoms with E-state index in [2.05, 4.69) is 10.2 Å². The molecule has 0 spiro atoms. The summed E-state index contributed by atoms with van der Waals surface area (Å²) < 4.78 is 7.35. The van der Waals surface area contributed by atoms with Crippen LogP contribution in [0.2, 0.25) is 0 Å². The van der Waals surface area contributed by atoms with Crippen molar-refractivity contribution >= 4 is 23.0 Å². The highest BCUT2D eigenvalue weighted by Crippen LogP contribution is 2.24. The van der Waals surface area contributed by atoms with Crippen LogP contribution in [0.3, 0.4) is 0 Å². The molecule has 20 heavy (non-hydrogen) atoms. The van der Waals surface area contributed by atoms with Gasteiger partial charge in [0.25, 0.3) is 0 Å². The van der Waals surface area contributed by atoms with Gasteiger partial charge in [0.15, 0.2) is 12.4 Å². The second kappa shape index (κ2) is 5.24. The van der Waals surface area contributed by atoms with Gasteiger partial charge in [0, 0.05) is 23.5 Å². The van der Waals surface area contributed by atoms with Gasteiger partial charge in [-0.05, 0) is 25.8 Å². The van der Waals surface area contributed by atoms with Crippen molar-refractivity contribution in [2.45, 2.75) is 39.3 Å². The molecular weight excluding hydrogens is 276 g/mol. The first-order valence-electron chi connectivity index (χ1n) is 6.59. The van der Waals surface area contributed by atoms with Crippen LogP contribution in [0.15, 0.2) is 6.07 Å². The number of aromatic nitrogens is 3. The molecule has 0 unspecified atom stereocenters. The van der Waals surface area contributed by atoms with E-state index in [1.165, 1.54) is 11.3 Å². The normalized spacial score (nSPS) is 14.1. The standard InChI is InChI=1S/C13H16N4O2S/c1-8-9(14)6-10(20-8)13(18)19-7-12-16-15-11-4-2-3-5-17(11)12/h6H,2-5,7,14H2,1H3. The van der Waals surface area contributed by atoms with E-state index in [4.69, 9.17) is 10.5 Å². The molecule has 0 radical (unpaired) electrons. The average molecular weight is 292 g/mol. The van der Waals surface area contributed by atoms with Crippen LogP contribution in [0.25, 0.3) is 0 Å². The topological polar surface area (TPSA) is 83.0 Å². The Morgan fingerprint density at radius 1 is 1.50 bits per heavy atom. The van der Waals surface area contributed by atoms with E-state index in [-0.39, 0.29) is 12.6 Å². The van der Waals surface area contributed by atoms with Crippen LogP contribution in [-0.2, 0) is 24.3 Å². The average Bonchev–Trinajstić information content (AvgIpc) is 3.01. The molecule has 1 aliphatic heterocycles. The minimum absolute atomic E-state index is 0.155. The fraction of sp³-hybridized carbons (Fsp3) is 0.462. The second-order valence-corrected chi connectivity index (χ2v) is 6.10. The molecule has 106 valence electrons. The van der Waals surface area contributed by atoms with Crippen molar-refractivity contribution in [2.24, 2.45) is 0 Å². The number of anilines is 1. The molecular formula is C13H16N4O2S. The zero-order valence-corrected chi connectivity index (χ0v) is 12.1. The lowest BCUT2D eigenvalue weighted by Crippen LogP contribution is -2.15. The van der Waals surface area contributed by atoms with Gasteiger partial charge in [-0.25, -0.2) is 4.79 Å². The molecule has 0 aromatic carbocycles. The number of fused-ring (bicyclic) bond motifs is 1. The summed E-state index contributed by atoms with van der Waals surface area (Å²) in [5, 5.41) is 8.23. The third-order valence-electron chi connectivity index (χ3n) is 3.43. The first-order valence-corrected chi connectivity index (χ1v) is 7.41. The minimum Gasteiger partial charge on any atom is -0.453 e. The summed E-state index contributed by atoms with van der Waals surface area (Å²) in [5.74, 6) is 1.34. The molecule has 0 amide bonds. The van der Waals surface area contributed by atoms with Gasteiger partial charge in [-0.1, -0.05) is 0 Å². The number of thiophene rings is 1. The van der Waals surface area contributed by atoms with Crippen LogP contribution in [-0.4, -0.2) is 20.7 Å². The lowest BCUT2D eigenvalue weighted by atomic mass is 10.2. The van der Waals surface area contributed by atoms with E-state index in [9.17, 15) is 4.79 Å². The fourth-order valence-electron chi connectivity index (χ4n) is 2.27. The van der Waals surface area contributed by atoms with Crippen molar-refractivity contribution in [3.63, 3.8) is 0 Å². The van der Waals surface area contributed by atoms with Gasteiger partial charge < -0.3 is 15.0 Å². The van der Waals surface area contributed by atoms with Crippen molar-refractivity contribution in [1.29, 1.82) is 0 Å². The second-order valence-electron chi connectivity index (χ2n) is 4.84. The van der Waals surface area contributed by atoms with E-state index < -0.39 is 0 Å². The maximum atomic E-state index is 11.9. The number of hydrogen-bond acceptors (Lipinski definition) is 6. The van der Waals surface area contributed by atoms with E-state index in [0.29, 0.717) is 16.4 Å². The van der Waals surface area contributed by atoms with Gasteiger partial charge in [-0.3, -0.25) is 0 Å². The summed E-state index contributed by atoms with van der Waals surface area (Å²) in [6.07, 6.45) is 3.21. The van der Waals surface area contributed by atoms with Crippen molar-refractivity contribution in [1.82, 2.24) is 14.8 Å². The first kappa shape index (κ1) is 13.1. The molecule has 2 N–H and O–H groups in total. The molecule has 0 atom stereocenters. The summed E-state index contributed by atoms with van der Waals surface area (Å²) >= 11 is 1.35. The molecule has 2 aromatic rings. The van der Waals surface area contributed by atoms with E-state index in [1.54, 1.807) is 6.07 Å². The number of carbonyl (C=O) groups excluding carboxylic acids is 1. The number of hydrogen-bond donors (Lipinski definition) is 1. The Kier molecular flexibility index (Phi) is 3.43. The molecule has 0 aliphatic carbocycles. The number of aryl methyl sites for hydroxylation is 2. The van der Waals surface area contributed by atoms with Crippen molar-refractivity contribution in [2.75, 3.05) is 5.73 Å². The number of rotatable bonds is 3. The number of ether oxygens (including phenoxy) is 1. The van der Waals surface area contributed by atoms with E-state index >= 15 is 0 Å². The van der Waals surface area contributed by atoms with E-state index in [0.717, 1.165) is 36.5 Å². The lowest BCUT2D eigenvalue weighted by molar-refractivity contribution is 0.0462. The molecule has 7 heteroatoms. The quantitative estimate of drug-likeness (QED) is 0.874. The predicted octanol–water partition coefficient (Wildman–Crippen LogP) is 1.92. The highest BCUT2D eigenvalue weighted by atomic mass is 32.1. The highest BCUT2D eigenvalue weighted by molar-refractivity contribution is 7.14. The molecule has 1 aliphatic rings. The van der Waals surface area contributed by atoms with Crippen LogP contribution in [0.1, 0.15) is 39.0 Å². The summed E-state index contributed by atoms with van der Waals surface area (Å²) in [6, 6.07) is 1.65. The Morgan fingerprint density at radius 3 is 3.10 bits per heavy atom. The maximum Gasteiger partial charge on any atom is 0.348 e. The lowest BCUT2D eigenvalue weighted by Gasteiger charge is -2.14. The Labute approximate surface area is 120 Å². The minimum atomic E-state index is -0.358. The van der Waals surface area contributed by atoms with Gasteiger partial charge in [-0.2, -0.15) is 0 Å². The molecule has 3 rings (SSSR count). The number of nitrogen functional groups attached to an aromatic ring is 1. The zero-order chi connectivity index (χ0) is 14.1.